The van der Waals surface area contributed by atoms with Crippen molar-refractivity contribution in [3.8, 4) is 0 Å². The van der Waals surface area contributed by atoms with Gasteiger partial charge in [0.15, 0.2) is 0 Å². The third kappa shape index (κ3) is 2.57. The summed E-state index contributed by atoms with van der Waals surface area (Å²) in [5.41, 5.74) is 3.84. The van der Waals surface area contributed by atoms with Gasteiger partial charge >= 0.3 is 0 Å². The maximum Gasteiger partial charge on any atom is 0.0273 e. The summed E-state index contributed by atoms with van der Waals surface area (Å²) >= 11 is 0. The molecule has 0 saturated heterocycles. The standard InChI is InChI=1S/C15H15N/c1-2-14(15-8-10-16-11-9-15)12-13-6-4-3-5-7-13/h3-12H,2H2,1H3. The molecule has 2 rings (SSSR count). The van der Waals surface area contributed by atoms with E-state index in [-0.39, 0.29) is 0 Å². The third-order valence-corrected chi connectivity index (χ3v) is 2.57. The van der Waals surface area contributed by atoms with E-state index in [0.29, 0.717) is 0 Å². The number of benzene rings is 1. The molecule has 80 valence electrons. The van der Waals surface area contributed by atoms with Gasteiger partial charge < -0.3 is 0 Å². The molecule has 0 N–H and O–H groups in total. The lowest BCUT2D eigenvalue weighted by Crippen LogP contribution is -1.83. The average molecular weight is 209 g/mol. The molecule has 0 aliphatic carbocycles. The van der Waals surface area contributed by atoms with Crippen LogP contribution in [0.1, 0.15) is 24.5 Å². The zero-order valence-corrected chi connectivity index (χ0v) is 9.43. The molecule has 2 aromatic rings. The maximum atomic E-state index is 4.04. The van der Waals surface area contributed by atoms with E-state index in [4.69, 9.17) is 0 Å². The molecule has 0 radical (unpaired) electrons. The first-order valence-electron chi connectivity index (χ1n) is 5.56. The first kappa shape index (κ1) is 10.6. The van der Waals surface area contributed by atoms with Crippen LogP contribution in [0.25, 0.3) is 11.6 Å². The summed E-state index contributed by atoms with van der Waals surface area (Å²) < 4.78 is 0. The number of nitrogens with zero attached hydrogens (tertiary/aromatic N) is 1. The van der Waals surface area contributed by atoms with E-state index in [2.05, 4.69) is 54.4 Å². The van der Waals surface area contributed by atoms with Crippen molar-refractivity contribution in [3.05, 3.63) is 66.0 Å². The molecule has 0 amide bonds. The number of hydrogen-bond donors (Lipinski definition) is 0. The Bertz CT molecular complexity index is 457. The normalized spacial score (nSPS) is 11.4. The summed E-state index contributed by atoms with van der Waals surface area (Å²) in [7, 11) is 0. The van der Waals surface area contributed by atoms with Crippen LogP contribution >= 0.6 is 0 Å². The Morgan fingerprint density at radius 1 is 1.06 bits per heavy atom. The second kappa shape index (κ2) is 5.26. The van der Waals surface area contributed by atoms with Gasteiger partial charge in [-0.3, -0.25) is 4.98 Å². The number of allylic oxidation sites excluding steroid dienone is 1. The van der Waals surface area contributed by atoms with E-state index < -0.39 is 0 Å². The van der Waals surface area contributed by atoms with Gasteiger partial charge in [0.2, 0.25) is 0 Å². The van der Waals surface area contributed by atoms with Gasteiger partial charge in [-0.1, -0.05) is 43.3 Å². The number of hydrogen-bond acceptors (Lipinski definition) is 1. The molecule has 0 fully saturated rings. The van der Waals surface area contributed by atoms with Crippen LogP contribution in [0.2, 0.25) is 0 Å². The lowest BCUT2D eigenvalue weighted by Gasteiger charge is -2.04. The van der Waals surface area contributed by atoms with Gasteiger partial charge in [0.1, 0.15) is 0 Å². The van der Waals surface area contributed by atoms with Crippen molar-refractivity contribution in [2.75, 3.05) is 0 Å². The van der Waals surface area contributed by atoms with Crippen LogP contribution in [0.3, 0.4) is 0 Å². The van der Waals surface area contributed by atoms with E-state index in [0.717, 1.165) is 6.42 Å². The Hall–Kier alpha value is -1.89. The summed E-state index contributed by atoms with van der Waals surface area (Å²) in [4.78, 5) is 4.04. The zero-order chi connectivity index (χ0) is 11.2. The van der Waals surface area contributed by atoms with Crippen LogP contribution < -0.4 is 0 Å². The molecular formula is C15H15N. The minimum absolute atomic E-state index is 1.03. The highest BCUT2D eigenvalue weighted by atomic mass is 14.6. The third-order valence-electron chi connectivity index (χ3n) is 2.57. The molecule has 16 heavy (non-hydrogen) atoms. The summed E-state index contributed by atoms with van der Waals surface area (Å²) in [6.45, 7) is 2.18. The summed E-state index contributed by atoms with van der Waals surface area (Å²) in [6, 6.07) is 14.5. The monoisotopic (exact) mass is 209 g/mol. The van der Waals surface area contributed by atoms with E-state index >= 15 is 0 Å². The largest absolute Gasteiger partial charge is 0.265 e. The van der Waals surface area contributed by atoms with E-state index in [1.807, 2.05) is 18.5 Å². The maximum absolute atomic E-state index is 4.04. The summed E-state index contributed by atoms with van der Waals surface area (Å²) in [5, 5.41) is 0. The van der Waals surface area contributed by atoms with Crippen LogP contribution in [-0.2, 0) is 0 Å². The molecule has 1 aromatic carbocycles. The molecule has 0 spiro atoms. The second-order valence-electron chi connectivity index (χ2n) is 3.67. The Morgan fingerprint density at radius 2 is 1.75 bits per heavy atom. The minimum Gasteiger partial charge on any atom is -0.265 e. The van der Waals surface area contributed by atoms with Gasteiger partial charge in [0, 0.05) is 12.4 Å². The first-order chi connectivity index (χ1) is 7.90. The predicted octanol–water partition coefficient (Wildman–Crippen LogP) is 4.03. The van der Waals surface area contributed by atoms with Gasteiger partial charge in [0.05, 0.1) is 0 Å². The SMILES string of the molecule is CCC(=Cc1ccccc1)c1ccncc1. The lowest BCUT2D eigenvalue weighted by molar-refractivity contribution is 1.23. The van der Waals surface area contributed by atoms with Crippen molar-refractivity contribution >= 4 is 11.6 Å². The molecule has 0 atom stereocenters. The highest BCUT2D eigenvalue weighted by Crippen LogP contribution is 2.20. The Balaban J connectivity index is 2.34. The Labute approximate surface area is 96.5 Å². The Morgan fingerprint density at radius 3 is 2.38 bits per heavy atom. The smallest absolute Gasteiger partial charge is 0.0273 e. The molecule has 0 bridgehead atoms. The molecule has 1 heteroatoms. The van der Waals surface area contributed by atoms with Crippen LogP contribution in [0.5, 0.6) is 0 Å². The van der Waals surface area contributed by atoms with E-state index in [9.17, 15) is 0 Å². The van der Waals surface area contributed by atoms with Crippen LogP contribution in [0.15, 0.2) is 54.9 Å². The number of aromatic nitrogens is 1. The highest BCUT2D eigenvalue weighted by Gasteiger charge is 1.98. The van der Waals surface area contributed by atoms with Crippen molar-refractivity contribution in [2.45, 2.75) is 13.3 Å². The first-order valence-corrected chi connectivity index (χ1v) is 5.56. The van der Waals surface area contributed by atoms with E-state index in [1.165, 1.54) is 16.7 Å². The van der Waals surface area contributed by atoms with Crippen molar-refractivity contribution in [1.82, 2.24) is 4.98 Å². The Kier molecular flexibility index (Phi) is 3.50. The lowest BCUT2D eigenvalue weighted by atomic mass is 10.0. The fourth-order valence-electron chi connectivity index (χ4n) is 1.71. The molecular weight excluding hydrogens is 194 g/mol. The van der Waals surface area contributed by atoms with Gasteiger partial charge in [-0.25, -0.2) is 0 Å². The minimum atomic E-state index is 1.03. The van der Waals surface area contributed by atoms with Crippen molar-refractivity contribution in [2.24, 2.45) is 0 Å². The molecule has 0 unspecified atom stereocenters. The predicted molar refractivity (Wildman–Crippen MR) is 68.8 cm³/mol. The molecule has 0 aliphatic heterocycles. The van der Waals surface area contributed by atoms with Gasteiger partial charge in [0.25, 0.3) is 0 Å². The highest BCUT2D eigenvalue weighted by molar-refractivity contribution is 5.81. The van der Waals surface area contributed by atoms with Crippen molar-refractivity contribution in [1.29, 1.82) is 0 Å². The topological polar surface area (TPSA) is 12.9 Å². The number of pyridine rings is 1. The average Bonchev–Trinajstić information content (AvgIpc) is 2.38. The van der Waals surface area contributed by atoms with Gasteiger partial charge in [-0.15, -0.1) is 0 Å². The van der Waals surface area contributed by atoms with Crippen molar-refractivity contribution in [3.63, 3.8) is 0 Å². The summed E-state index contributed by atoms with van der Waals surface area (Å²) in [6.07, 6.45) is 6.93. The molecule has 1 nitrogen and oxygen atoms in total. The van der Waals surface area contributed by atoms with Crippen LogP contribution in [0.4, 0.5) is 0 Å². The summed E-state index contributed by atoms with van der Waals surface area (Å²) in [5.74, 6) is 0. The molecule has 0 saturated carbocycles. The second-order valence-corrected chi connectivity index (χ2v) is 3.67. The van der Waals surface area contributed by atoms with Gasteiger partial charge in [-0.2, -0.15) is 0 Å². The van der Waals surface area contributed by atoms with Crippen LogP contribution in [-0.4, -0.2) is 4.98 Å². The fourth-order valence-corrected chi connectivity index (χ4v) is 1.71. The number of rotatable bonds is 3. The van der Waals surface area contributed by atoms with Crippen molar-refractivity contribution < 1.29 is 0 Å². The van der Waals surface area contributed by atoms with E-state index in [1.54, 1.807) is 0 Å². The molecule has 1 aromatic heterocycles. The quantitative estimate of drug-likeness (QED) is 0.743. The fraction of sp³-hybridized carbons (Fsp3) is 0.133. The van der Waals surface area contributed by atoms with Crippen LogP contribution in [0, 0.1) is 0 Å². The molecule has 1 heterocycles. The van der Waals surface area contributed by atoms with Gasteiger partial charge in [-0.05, 0) is 35.3 Å². The zero-order valence-electron chi connectivity index (χ0n) is 9.43. The molecule has 0 aliphatic rings.